The second kappa shape index (κ2) is 5.54. The van der Waals surface area contributed by atoms with E-state index in [0.717, 1.165) is 13.0 Å². The Morgan fingerprint density at radius 1 is 1.26 bits per heavy atom. The summed E-state index contributed by atoms with van der Waals surface area (Å²) in [7, 11) is -3.49. The average Bonchev–Trinajstić information content (AvgIpc) is 2.97. The van der Waals surface area contributed by atoms with Gasteiger partial charge in [0.05, 0.1) is 4.90 Å². The summed E-state index contributed by atoms with van der Waals surface area (Å²) in [5, 5.41) is 3.12. The van der Waals surface area contributed by atoms with Gasteiger partial charge in [-0.3, -0.25) is 0 Å². The minimum atomic E-state index is -3.49. The van der Waals surface area contributed by atoms with Gasteiger partial charge in [-0.1, -0.05) is 0 Å². The molecule has 1 saturated heterocycles. The van der Waals surface area contributed by atoms with Gasteiger partial charge in [0, 0.05) is 18.7 Å². The molecule has 1 aromatic rings. The highest BCUT2D eigenvalue weighted by Gasteiger charge is 2.24. The van der Waals surface area contributed by atoms with Crippen LogP contribution in [-0.2, 0) is 10.0 Å². The van der Waals surface area contributed by atoms with Gasteiger partial charge >= 0.3 is 0 Å². The molecule has 1 atom stereocenters. The van der Waals surface area contributed by atoms with Crippen molar-refractivity contribution in [3.8, 4) is 11.5 Å². The van der Waals surface area contributed by atoms with Gasteiger partial charge in [-0.25, -0.2) is 13.1 Å². The highest BCUT2D eigenvalue weighted by Crippen LogP contribution is 2.33. The summed E-state index contributed by atoms with van der Waals surface area (Å²) in [4.78, 5) is 0.207. The lowest BCUT2D eigenvalue weighted by Crippen LogP contribution is -2.36. The molecule has 2 aliphatic heterocycles. The van der Waals surface area contributed by atoms with Gasteiger partial charge in [-0.2, -0.15) is 0 Å². The number of hydrogen-bond acceptors (Lipinski definition) is 5. The lowest BCUT2D eigenvalue weighted by Gasteiger charge is -2.12. The minimum absolute atomic E-state index is 0. The molecule has 0 aliphatic carbocycles. The molecule has 6 nitrogen and oxygen atoms in total. The first-order valence-corrected chi connectivity index (χ1v) is 7.26. The Morgan fingerprint density at radius 3 is 2.79 bits per heavy atom. The molecule has 0 amide bonds. The van der Waals surface area contributed by atoms with Gasteiger partial charge in [0.15, 0.2) is 11.5 Å². The first-order valence-electron chi connectivity index (χ1n) is 5.78. The van der Waals surface area contributed by atoms with E-state index in [-0.39, 0.29) is 30.1 Å². The van der Waals surface area contributed by atoms with E-state index < -0.39 is 10.0 Å². The fourth-order valence-electron chi connectivity index (χ4n) is 2.09. The summed E-state index contributed by atoms with van der Waals surface area (Å²) in [5.41, 5.74) is 0. The largest absolute Gasteiger partial charge is 0.454 e. The molecule has 2 heterocycles. The normalized spacial score (nSPS) is 21.2. The van der Waals surface area contributed by atoms with Gasteiger partial charge < -0.3 is 14.8 Å². The Balaban J connectivity index is 0.00000133. The Hall–Kier alpha value is -1.02. The maximum Gasteiger partial charge on any atom is 0.241 e. The van der Waals surface area contributed by atoms with Crippen LogP contribution in [0.5, 0.6) is 11.5 Å². The standard InChI is InChI=1S/C11H14N2O4S.ClH/c14-18(15,13-8-3-4-12-6-8)9-1-2-10-11(5-9)17-7-16-10;/h1-2,5,8,12-13H,3-4,6-7H2;1H. The van der Waals surface area contributed by atoms with Crippen molar-refractivity contribution in [1.29, 1.82) is 0 Å². The zero-order chi connectivity index (χ0) is 12.6. The number of halogens is 1. The number of fused-ring (bicyclic) bond motifs is 1. The zero-order valence-electron chi connectivity index (χ0n) is 10.1. The summed E-state index contributed by atoms with van der Waals surface area (Å²) in [5.74, 6) is 1.05. The van der Waals surface area contributed by atoms with Crippen molar-refractivity contribution >= 4 is 22.4 Å². The van der Waals surface area contributed by atoms with Crippen molar-refractivity contribution in [3.05, 3.63) is 18.2 Å². The van der Waals surface area contributed by atoms with E-state index >= 15 is 0 Å². The van der Waals surface area contributed by atoms with Crippen LogP contribution in [0, 0.1) is 0 Å². The lowest BCUT2D eigenvalue weighted by atomic mass is 10.3. The third-order valence-electron chi connectivity index (χ3n) is 3.04. The molecule has 0 radical (unpaired) electrons. The van der Waals surface area contributed by atoms with Crippen molar-refractivity contribution in [2.75, 3.05) is 19.9 Å². The van der Waals surface area contributed by atoms with Crippen LogP contribution < -0.4 is 19.5 Å². The van der Waals surface area contributed by atoms with Crippen molar-refractivity contribution in [1.82, 2.24) is 10.0 Å². The molecule has 2 N–H and O–H groups in total. The van der Waals surface area contributed by atoms with Gasteiger partial charge in [-0.05, 0) is 25.1 Å². The average molecular weight is 307 g/mol. The maximum absolute atomic E-state index is 12.2. The van der Waals surface area contributed by atoms with Crippen molar-refractivity contribution < 1.29 is 17.9 Å². The van der Waals surface area contributed by atoms with Crippen molar-refractivity contribution in [3.63, 3.8) is 0 Å². The number of benzene rings is 1. The van der Waals surface area contributed by atoms with Crippen LogP contribution in [-0.4, -0.2) is 34.3 Å². The zero-order valence-corrected chi connectivity index (χ0v) is 11.7. The number of ether oxygens (including phenoxy) is 2. The summed E-state index contributed by atoms with van der Waals surface area (Å²) in [6.07, 6.45) is 0.809. The minimum Gasteiger partial charge on any atom is -0.454 e. The molecular formula is C11H15ClN2O4S. The van der Waals surface area contributed by atoms with Crippen LogP contribution in [0.2, 0.25) is 0 Å². The van der Waals surface area contributed by atoms with E-state index in [2.05, 4.69) is 10.0 Å². The molecule has 1 aromatic carbocycles. The molecule has 106 valence electrons. The predicted octanol–water partition coefficient (Wildman–Crippen LogP) is 0.477. The van der Waals surface area contributed by atoms with E-state index in [4.69, 9.17) is 9.47 Å². The first-order chi connectivity index (χ1) is 8.65. The summed E-state index contributed by atoms with van der Waals surface area (Å²) in [6.45, 7) is 1.65. The second-order valence-electron chi connectivity index (χ2n) is 4.33. The molecule has 0 aromatic heterocycles. The number of rotatable bonds is 3. The van der Waals surface area contributed by atoms with Crippen molar-refractivity contribution in [2.45, 2.75) is 17.4 Å². The van der Waals surface area contributed by atoms with Gasteiger partial charge in [0.1, 0.15) is 0 Å². The fourth-order valence-corrected chi connectivity index (χ4v) is 3.37. The first kappa shape index (κ1) is 14.4. The summed E-state index contributed by atoms with van der Waals surface area (Å²) < 4.78 is 37.3. The highest BCUT2D eigenvalue weighted by atomic mass is 35.5. The molecule has 2 aliphatic rings. The number of hydrogen-bond donors (Lipinski definition) is 2. The van der Waals surface area contributed by atoms with E-state index in [9.17, 15) is 8.42 Å². The van der Waals surface area contributed by atoms with Crippen LogP contribution in [0.3, 0.4) is 0 Å². The van der Waals surface area contributed by atoms with Crippen molar-refractivity contribution in [2.24, 2.45) is 0 Å². The second-order valence-corrected chi connectivity index (χ2v) is 6.04. The Bertz CT molecular complexity index is 558. The maximum atomic E-state index is 12.2. The molecule has 3 rings (SSSR count). The van der Waals surface area contributed by atoms with Crippen LogP contribution >= 0.6 is 12.4 Å². The number of sulfonamides is 1. The van der Waals surface area contributed by atoms with E-state index in [1.54, 1.807) is 6.07 Å². The number of nitrogens with one attached hydrogen (secondary N) is 2. The van der Waals surface area contributed by atoms with E-state index in [1.807, 2.05) is 0 Å². The summed E-state index contributed by atoms with van der Waals surface area (Å²) in [6, 6.07) is 4.59. The smallest absolute Gasteiger partial charge is 0.241 e. The lowest BCUT2D eigenvalue weighted by molar-refractivity contribution is 0.174. The quantitative estimate of drug-likeness (QED) is 0.849. The predicted molar refractivity (Wildman–Crippen MR) is 71.4 cm³/mol. The molecule has 1 unspecified atom stereocenters. The van der Waals surface area contributed by atoms with E-state index in [1.165, 1.54) is 12.1 Å². The Kier molecular flexibility index (Phi) is 4.19. The molecule has 19 heavy (non-hydrogen) atoms. The molecule has 0 bridgehead atoms. The fraction of sp³-hybridized carbons (Fsp3) is 0.455. The topological polar surface area (TPSA) is 76.7 Å². The molecule has 1 fully saturated rings. The summed E-state index contributed by atoms with van der Waals surface area (Å²) >= 11 is 0. The van der Waals surface area contributed by atoms with Gasteiger partial charge in [0.25, 0.3) is 0 Å². The van der Waals surface area contributed by atoms with Crippen LogP contribution in [0.25, 0.3) is 0 Å². The van der Waals surface area contributed by atoms with Crippen LogP contribution in [0.1, 0.15) is 6.42 Å². The highest BCUT2D eigenvalue weighted by molar-refractivity contribution is 7.89. The van der Waals surface area contributed by atoms with Gasteiger partial charge in [-0.15, -0.1) is 12.4 Å². The third kappa shape index (κ3) is 2.94. The molecule has 8 heteroatoms. The van der Waals surface area contributed by atoms with Crippen LogP contribution in [0.15, 0.2) is 23.1 Å². The van der Waals surface area contributed by atoms with E-state index in [0.29, 0.717) is 18.0 Å². The molecular weight excluding hydrogens is 292 g/mol. The SMILES string of the molecule is Cl.O=S(=O)(NC1CCNC1)c1ccc2c(c1)OCO2. The Morgan fingerprint density at radius 2 is 2.05 bits per heavy atom. The molecule has 0 saturated carbocycles. The van der Waals surface area contributed by atoms with Gasteiger partial charge in [0.2, 0.25) is 16.8 Å². The monoisotopic (exact) mass is 306 g/mol. The third-order valence-corrected chi connectivity index (χ3v) is 4.55. The Labute approximate surface area is 117 Å². The van der Waals surface area contributed by atoms with Crippen LogP contribution in [0.4, 0.5) is 0 Å². The molecule has 0 spiro atoms.